The molecule has 0 amide bonds. The first-order valence-electron chi connectivity index (χ1n) is 5.50. The van der Waals surface area contributed by atoms with Crippen LogP contribution in [0.25, 0.3) is 0 Å². The minimum Gasteiger partial charge on any atom is -0.299 e. The monoisotopic (exact) mass is 242 g/mol. The average Bonchev–Trinajstić information content (AvgIpc) is 2.77. The largest absolute Gasteiger partial charge is 0.299 e. The van der Waals surface area contributed by atoms with E-state index < -0.39 is 0 Å². The summed E-state index contributed by atoms with van der Waals surface area (Å²) in [6.07, 6.45) is 6.46. The van der Waals surface area contributed by atoms with E-state index in [1.165, 1.54) is 37.0 Å². The molecule has 1 fully saturated rings. The van der Waals surface area contributed by atoms with E-state index >= 15 is 0 Å². The number of carbonyl (C=O) groups excluding carboxylic acids is 1. The number of thiophene rings is 1. The molecule has 2 rings (SSSR count). The molecule has 0 bridgehead atoms. The molecular weight excluding hydrogens is 228 g/mol. The Labute approximate surface area is 99.5 Å². The highest BCUT2D eigenvalue weighted by molar-refractivity contribution is 7.16. The van der Waals surface area contributed by atoms with E-state index in [1.54, 1.807) is 0 Å². The van der Waals surface area contributed by atoms with Gasteiger partial charge in [0.05, 0.1) is 4.34 Å². The van der Waals surface area contributed by atoms with Crippen molar-refractivity contribution in [3.8, 4) is 0 Å². The van der Waals surface area contributed by atoms with Crippen LogP contribution in [0.5, 0.6) is 0 Å². The molecule has 0 aliphatic heterocycles. The SMILES string of the molecule is O=C(Cc1ccc(Cl)s1)CC1CCCC1. The topological polar surface area (TPSA) is 17.1 Å². The predicted molar refractivity (Wildman–Crippen MR) is 64.6 cm³/mol. The lowest BCUT2D eigenvalue weighted by molar-refractivity contribution is -0.119. The minimum absolute atomic E-state index is 0.375. The van der Waals surface area contributed by atoms with Gasteiger partial charge in [-0.05, 0) is 18.1 Å². The van der Waals surface area contributed by atoms with E-state index in [0.717, 1.165) is 15.6 Å². The van der Waals surface area contributed by atoms with Gasteiger partial charge in [0.25, 0.3) is 0 Å². The third-order valence-electron chi connectivity index (χ3n) is 2.99. The van der Waals surface area contributed by atoms with E-state index in [4.69, 9.17) is 11.6 Å². The van der Waals surface area contributed by atoms with Crippen LogP contribution in [0.4, 0.5) is 0 Å². The molecule has 0 radical (unpaired) electrons. The minimum atomic E-state index is 0.375. The molecule has 1 aromatic rings. The Morgan fingerprint density at radius 2 is 2.13 bits per heavy atom. The second-order valence-electron chi connectivity index (χ2n) is 4.28. The summed E-state index contributed by atoms with van der Waals surface area (Å²) in [5.41, 5.74) is 0. The molecule has 1 nitrogen and oxygen atoms in total. The maximum Gasteiger partial charge on any atom is 0.138 e. The molecule has 1 saturated carbocycles. The molecule has 1 aliphatic carbocycles. The maximum atomic E-state index is 11.7. The van der Waals surface area contributed by atoms with Crippen molar-refractivity contribution in [1.29, 1.82) is 0 Å². The number of hydrogen-bond acceptors (Lipinski definition) is 2. The Balaban J connectivity index is 1.81. The number of ketones is 1. The zero-order valence-electron chi connectivity index (χ0n) is 8.67. The first-order valence-corrected chi connectivity index (χ1v) is 6.69. The van der Waals surface area contributed by atoms with E-state index in [9.17, 15) is 4.79 Å². The van der Waals surface area contributed by atoms with E-state index in [1.807, 2.05) is 12.1 Å². The number of Topliss-reactive ketones (excluding diaryl/α,β-unsaturated/α-hetero) is 1. The number of rotatable bonds is 4. The van der Waals surface area contributed by atoms with Crippen LogP contribution >= 0.6 is 22.9 Å². The summed E-state index contributed by atoms with van der Waals surface area (Å²) in [7, 11) is 0. The van der Waals surface area contributed by atoms with Crippen molar-refractivity contribution in [3.05, 3.63) is 21.3 Å². The third kappa shape index (κ3) is 3.32. The first kappa shape index (κ1) is 11.2. The molecule has 0 unspecified atom stereocenters. The van der Waals surface area contributed by atoms with Gasteiger partial charge in [0.2, 0.25) is 0 Å². The highest BCUT2D eigenvalue weighted by atomic mass is 35.5. The van der Waals surface area contributed by atoms with Crippen molar-refractivity contribution in [2.45, 2.75) is 38.5 Å². The van der Waals surface area contributed by atoms with Crippen LogP contribution in [0.15, 0.2) is 12.1 Å². The molecule has 0 N–H and O–H groups in total. The molecule has 0 saturated heterocycles. The number of carbonyl (C=O) groups is 1. The normalized spacial score (nSPS) is 17.1. The van der Waals surface area contributed by atoms with Crippen molar-refractivity contribution in [2.75, 3.05) is 0 Å². The summed E-state index contributed by atoms with van der Waals surface area (Å²) in [5.74, 6) is 1.04. The third-order valence-corrected chi connectivity index (χ3v) is 4.22. The molecular formula is C12H15ClOS. The van der Waals surface area contributed by atoms with Crippen LogP contribution in [-0.2, 0) is 11.2 Å². The van der Waals surface area contributed by atoms with Gasteiger partial charge in [0.15, 0.2) is 0 Å². The molecule has 0 aromatic carbocycles. The van der Waals surface area contributed by atoms with Crippen LogP contribution in [0.2, 0.25) is 4.34 Å². The lowest BCUT2D eigenvalue weighted by Crippen LogP contribution is -2.07. The van der Waals surface area contributed by atoms with Gasteiger partial charge in [-0.1, -0.05) is 37.3 Å². The highest BCUT2D eigenvalue weighted by Gasteiger charge is 2.18. The van der Waals surface area contributed by atoms with Gasteiger partial charge >= 0.3 is 0 Å². The summed E-state index contributed by atoms with van der Waals surface area (Å²) in [4.78, 5) is 12.8. The maximum absolute atomic E-state index is 11.7. The smallest absolute Gasteiger partial charge is 0.138 e. The van der Waals surface area contributed by atoms with Crippen molar-refractivity contribution >= 4 is 28.7 Å². The van der Waals surface area contributed by atoms with Gasteiger partial charge < -0.3 is 0 Å². The lowest BCUT2D eigenvalue weighted by atomic mass is 9.99. The molecule has 0 atom stereocenters. The summed E-state index contributed by atoms with van der Waals surface area (Å²) >= 11 is 7.34. The fourth-order valence-corrected chi connectivity index (χ4v) is 3.37. The Hall–Kier alpha value is -0.340. The van der Waals surface area contributed by atoms with Gasteiger partial charge in [-0.2, -0.15) is 0 Å². The van der Waals surface area contributed by atoms with Crippen molar-refractivity contribution in [1.82, 2.24) is 0 Å². The van der Waals surface area contributed by atoms with Crippen molar-refractivity contribution in [2.24, 2.45) is 5.92 Å². The van der Waals surface area contributed by atoms with Crippen LogP contribution < -0.4 is 0 Å². The predicted octanol–water partition coefficient (Wildman–Crippen LogP) is 4.09. The van der Waals surface area contributed by atoms with Gasteiger partial charge in [-0.25, -0.2) is 0 Å². The Bertz CT molecular complexity index is 339. The second kappa shape index (κ2) is 5.13. The fraction of sp³-hybridized carbons (Fsp3) is 0.583. The van der Waals surface area contributed by atoms with Crippen molar-refractivity contribution in [3.63, 3.8) is 0 Å². The van der Waals surface area contributed by atoms with Gasteiger partial charge in [0.1, 0.15) is 5.78 Å². The second-order valence-corrected chi connectivity index (χ2v) is 6.08. The zero-order valence-corrected chi connectivity index (χ0v) is 10.2. The summed E-state index contributed by atoms with van der Waals surface area (Å²) in [6.45, 7) is 0. The average molecular weight is 243 g/mol. The quantitative estimate of drug-likeness (QED) is 0.777. The van der Waals surface area contributed by atoms with Crippen LogP contribution in [0.3, 0.4) is 0 Å². The zero-order chi connectivity index (χ0) is 10.7. The summed E-state index contributed by atoms with van der Waals surface area (Å²) < 4.78 is 0.777. The highest BCUT2D eigenvalue weighted by Crippen LogP contribution is 2.29. The molecule has 1 heterocycles. The van der Waals surface area contributed by atoms with Crippen LogP contribution in [0, 0.1) is 5.92 Å². The Morgan fingerprint density at radius 1 is 1.40 bits per heavy atom. The van der Waals surface area contributed by atoms with Gasteiger partial charge in [-0.3, -0.25) is 4.79 Å². The fourth-order valence-electron chi connectivity index (χ4n) is 2.25. The Kier molecular flexibility index (Phi) is 3.81. The van der Waals surface area contributed by atoms with Gasteiger partial charge in [0, 0.05) is 17.7 Å². The summed E-state index contributed by atoms with van der Waals surface area (Å²) in [5, 5.41) is 0. The summed E-state index contributed by atoms with van der Waals surface area (Å²) in [6, 6.07) is 3.82. The molecule has 15 heavy (non-hydrogen) atoms. The standard InChI is InChI=1S/C12H15ClOS/c13-12-6-5-11(15-12)8-10(14)7-9-3-1-2-4-9/h5-6,9H,1-4,7-8H2. The Morgan fingerprint density at radius 3 is 2.73 bits per heavy atom. The lowest BCUT2D eigenvalue weighted by Gasteiger charge is -2.06. The van der Waals surface area contributed by atoms with E-state index in [0.29, 0.717) is 18.1 Å². The first-order chi connectivity index (χ1) is 7.24. The molecule has 82 valence electrons. The van der Waals surface area contributed by atoms with Gasteiger partial charge in [-0.15, -0.1) is 11.3 Å². The number of hydrogen-bond donors (Lipinski definition) is 0. The van der Waals surface area contributed by atoms with Crippen LogP contribution in [-0.4, -0.2) is 5.78 Å². The molecule has 1 aliphatic rings. The molecule has 1 aromatic heterocycles. The molecule has 0 spiro atoms. The molecule has 3 heteroatoms. The van der Waals surface area contributed by atoms with Crippen LogP contribution in [0.1, 0.15) is 37.0 Å². The van der Waals surface area contributed by atoms with Crippen molar-refractivity contribution < 1.29 is 4.79 Å². The van der Waals surface area contributed by atoms with E-state index in [2.05, 4.69) is 0 Å². The number of halogens is 1. The van der Waals surface area contributed by atoms with E-state index in [-0.39, 0.29) is 0 Å².